The minimum Gasteiger partial charge on any atom is -0.508 e. The number of carboxylic acid groups (broad SMARTS) is 1. The van der Waals surface area contributed by atoms with Crippen molar-refractivity contribution in [1.29, 1.82) is 0 Å². The number of benzene rings is 3. The highest BCUT2D eigenvalue weighted by Crippen LogP contribution is 2.44. The molecule has 15 heteroatoms. The van der Waals surface area contributed by atoms with Crippen molar-refractivity contribution in [3.63, 3.8) is 0 Å². The summed E-state index contributed by atoms with van der Waals surface area (Å²) in [5, 5.41) is 70.3. The number of ether oxygens (including phenoxy) is 4. The summed E-state index contributed by atoms with van der Waals surface area (Å²) >= 11 is 0. The maximum atomic E-state index is 13.2. The fraction of sp³-hybridized carbons (Fsp3) is 0.194. The molecule has 0 radical (unpaired) electrons. The van der Waals surface area contributed by atoms with Crippen molar-refractivity contribution in [2.75, 3.05) is 7.11 Å². The first-order chi connectivity index (χ1) is 21.9. The molecule has 2 heterocycles. The Kier molecular flexibility index (Phi) is 8.84. The molecule has 0 bridgehead atoms. The second-order valence-corrected chi connectivity index (χ2v) is 9.99. The Morgan fingerprint density at radius 3 is 2.28 bits per heavy atom. The van der Waals surface area contributed by atoms with Crippen molar-refractivity contribution >= 4 is 29.0 Å². The fourth-order valence-electron chi connectivity index (χ4n) is 4.59. The molecule has 5 rings (SSSR count). The number of fused-ring (bicyclic) bond motifs is 1. The van der Waals surface area contributed by atoms with Crippen molar-refractivity contribution in [1.82, 2.24) is 0 Å². The van der Waals surface area contributed by atoms with Gasteiger partial charge in [-0.2, -0.15) is 0 Å². The molecule has 0 amide bonds. The predicted molar refractivity (Wildman–Crippen MR) is 156 cm³/mol. The number of rotatable bonds is 8. The van der Waals surface area contributed by atoms with Gasteiger partial charge >= 0.3 is 11.9 Å². The summed E-state index contributed by atoms with van der Waals surface area (Å²) in [6.45, 7) is 0. The number of phenols is 3. The Labute approximate surface area is 257 Å². The molecule has 0 spiro atoms. The number of hydrogen-bond acceptors (Lipinski definition) is 14. The highest BCUT2D eigenvalue weighted by Gasteiger charge is 2.48. The lowest BCUT2D eigenvalue weighted by molar-refractivity contribution is -0.271. The normalized spacial score (nSPS) is 21.3. The average molecular weight is 639 g/mol. The Bertz CT molecular complexity index is 1880. The van der Waals surface area contributed by atoms with Crippen molar-refractivity contribution in [3.05, 3.63) is 76.5 Å². The van der Waals surface area contributed by atoms with Crippen LogP contribution in [-0.4, -0.2) is 85.5 Å². The van der Waals surface area contributed by atoms with Crippen LogP contribution in [0.4, 0.5) is 0 Å². The molecular weight excluding hydrogens is 612 g/mol. The molecule has 0 aliphatic carbocycles. The van der Waals surface area contributed by atoms with Crippen LogP contribution in [0.1, 0.15) is 5.56 Å². The van der Waals surface area contributed by atoms with E-state index in [1.54, 1.807) is 0 Å². The van der Waals surface area contributed by atoms with E-state index in [0.29, 0.717) is 11.1 Å². The maximum absolute atomic E-state index is 13.2. The Morgan fingerprint density at radius 2 is 1.61 bits per heavy atom. The zero-order valence-electron chi connectivity index (χ0n) is 23.6. The van der Waals surface area contributed by atoms with Crippen LogP contribution in [-0.2, 0) is 14.3 Å². The van der Waals surface area contributed by atoms with E-state index in [9.17, 15) is 50.1 Å². The number of methoxy groups -OCH3 is 1. The molecule has 4 aromatic rings. The molecular formula is C31H26O15. The van der Waals surface area contributed by atoms with Gasteiger partial charge in [-0.3, -0.25) is 4.79 Å². The lowest BCUT2D eigenvalue weighted by Gasteiger charge is -2.38. The Morgan fingerprint density at radius 1 is 0.891 bits per heavy atom. The number of carboxylic acids is 1. The van der Waals surface area contributed by atoms with Gasteiger partial charge in [0, 0.05) is 23.8 Å². The molecule has 1 fully saturated rings. The molecule has 2 unspecified atom stereocenters. The van der Waals surface area contributed by atoms with Gasteiger partial charge < -0.3 is 59.1 Å². The van der Waals surface area contributed by atoms with Crippen LogP contribution in [0, 0.1) is 0 Å². The largest absolute Gasteiger partial charge is 0.508 e. The maximum Gasteiger partial charge on any atom is 0.336 e. The Hall–Kier alpha value is -5.61. The number of carbonyl (C=O) groups excluding carboxylic acids is 1. The van der Waals surface area contributed by atoms with E-state index in [4.69, 9.17) is 23.4 Å². The summed E-state index contributed by atoms with van der Waals surface area (Å²) in [6.07, 6.45) is -7.96. The zero-order chi connectivity index (χ0) is 33.3. The number of esters is 1. The molecule has 1 aromatic heterocycles. The van der Waals surface area contributed by atoms with E-state index in [2.05, 4.69) is 0 Å². The molecule has 3 aromatic carbocycles. The molecule has 5 atom stereocenters. The molecule has 1 aliphatic rings. The highest BCUT2D eigenvalue weighted by atomic mass is 16.7. The van der Waals surface area contributed by atoms with Crippen molar-refractivity contribution in [2.45, 2.75) is 30.7 Å². The minimum absolute atomic E-state index is 0.00158. The van der Waals surface area contributed by atoms with Gasteiger partial charge in [-0.15, -0.1) is 0 Å². The van der Waals surface area contributed by atoms with Gasteiger partial charge in [0.25, 0.3) is 0 Å². The summed E-state index contributed by atoms with van der Waals surface area (Å²) < 4.78 is 26.9. The van der Waals surface area contributed by atoms with Crippen LogP contribution >= 0.6 is 0 Å². The lowest BCUT2D eigenvalue weighted by atomic mass is 9.99. The second-order valence-electron chi connectivity index (χ2n) is 9.99. The fourth-order valence-corrected chi connectivity index (χ4v) is 4.59. The van der Waals surface area contributed by atoms with Crippen LogP contribution in [0.15, 0.2) is 69.9 Å². The van der Waals surface area contributed by atoms with Gasteiger partial charge in [0.2, 0.25) is 12.0 Å². The molecule has 46 heavy (non-hydrogen) atoms. The second kappa shape index (κ2) is 12.8. The molecule has 1 aliphatic heterocycles. The SMILES string of the molecule is COc1cc(/C=C/C(=O)Oc2c(O[C@@H]3OC(C(=O)O)[C@@H](O)[C@H](O)C3O)cc3oc(-c4ccc(O)cc4)cc(=O)c3c2O)ccc1O. The number of phenolic OH excluding ortho intramolecular Hbond substituents is 3. The topological polar surface area (TPSA) is 243 Å². The first kappa shape index (κ1) is 31.8. The number of hydrogen-bond donors (Lipinski definition) is 7. The summed E-state index contributed by atoms with van der Waals surface area (Å²) in [5.41, 5.74) is -0.331. The van der Waals surface area contributed by atoms with Gasteiger partial charge in [0.1, 0.15) is 40.8 Å². The van der Waals surface area contributed by atoms with E-state index in [-0.39, 0.29) is 28.6 Å². The predicted octanol–water partition coefficient (Wildman–Crippen LogP) is 1.48. The monoisotopic (exact) mass is 638 g/mol. The third kappa shape index (κ3) is 6.29. The van der Waals surface area contributed by atoms with E-state index in [0.717, 1.165) is 18.2 Å². The summed E-state index contributed by atoms with van der Waals surface area (Å²) in [7, 11) is 1.33. The van der Waals surface area contributed by atoms with E-state index < -0.39 is 70.7 Å². The molecule has 0 saturated carbocycles. The van der Waals surface area contributed by atoms with Gasteiger partial charge in [0.05, 0.1) is 7.11 Å². The van der Waals surface area contributed by atoms with Crippen LogP contribution in [0.2, 0.25) is 0 Å². The molecule has 7 N–H and O–H groups in total. The van der Waals surface area contributed by atoms with Crippen LogP contribution < -0.4 is 19.6 Å². The van der Waals surface area contributed by atoms with Crippen molar-refractivity contribution < 1.29 is 68.7 Å². The first-order valence-corrected chi connectivity index (χ1v) is 13.4. The van der Waals surface area contributed by atoms with Crippen molar-refractivity contribution in [3.8, 4) is 45.8 Å². The van der Waals surface area contributed by atoms with Gasteiger partial charge in [-0.05, 0) is 48.0 Å². The van der Waals surface area contributed by atoms with E-state index in [1.807, 2.05) is 0 Å². The van der Waals surface area contributed by atoms with Gasteiger partial charge in [-0.25, -0.2) is 9.59 Å². The first-order valence-electron chi connectivity index (χ1n) is 13.4. The summed E-state index contributed by atoms with van der Waals surface area (Å²) in [4.78, 5) is 37.6. The van der Waals surface area contributed by atoms with E-state index in [1.165, 1.54) is 55.7 Å². The van der Waals surface area contributed by atoms with Crippen LogP contribution in [0.25, 0.3) is 28.4 Å². The quantitative estimate of drug-likeness (QED) is 0.0821. The van der Waals surface area contributed by atoms with Crippen LogP contribution in [0.3, 0.4) is 0 Å². The smallest absolute Gasteiger partial charge is 0.336 e. The zero-order valence-corrected chi connectivity index (χ0v) is 23.6. The number of aliphatic carboxylic acids is 1. The highest BCUT2D eigenvalue weighted by molar-refractivity contribution is 5.94. The lowest BCUT2D eigenvalue weighted by Crippen LogP contribution is -2.61. The Balaban J connectivity index is 1.58. The number of aromatic hydroxyl groups is 3. The standard InChI is InChI=1S/C31H26O15/c1-42-19-10-13(2-8-16(19)33)3-9-22(35)45-28-21(44-31-27(39)25(37)26(38)29(46-31)30(40)41)12-20-23(24(28)36)17(34)11-18(43-20)14-4-6-15(32)7-5-14/h2-12,25-27,29,31-33,36-39H,1H3,(H,40,41)/b9-3+/t25-,26-,27?,29?,31+/m0/s1. The summed E-state index contributed by atoms with van der Waals surface area (Å²) in [5.74, 6) is -5.18. The molecule has 15 nitrogen and oxygen atoms in total. The van der Waals surface area contributed by atoms with Gasteiger partial charge in [-0.1, -0.05) is 6.07 Å². The number of aliphatic hydroxyl groups is 3. The summed E-state index contributed by atoms with van der Waals surface area (Å²) in [6, 6.07) is 11.8. The number of aliphatic hydroxyl groups excluding tert-OH is 3. The van der Waals surface area contributed by atoms with Gasteiger partial charge in [0.15, 0.2) is 34.5 Å². The van der Waals surface area contributed by atoms with E-state index >= 15 is 0 Å². The average Bonchev–Trinajstić information content (AvgIpc) is 3.02. The number of carbonyl (C=O) groups is 2. The third-order valence-corrected chi connectivity index (χ3v) is 6.94. The minimum atomic E-state index is -2.05. The third-order valence-electron chi connectivity index (χ3n) is 6.94. The van der Waals surface area contributed by atoms with Crippen LogP contribution in [0.5, 0.6) is 34.5 Å². The molecule has 240 valence electrons. The molecule has 1 saturated heterocycles. The van der Waals surface area contributed by atoms with Crippen molar-refractivity contribution in [2.24, 2.45) is 0 Å².